The zero-order valence-corrected chi connectivity index (χ0v) is 10.5. The van der Waals surface area contributed by atoms with Gasteiger partial charge < -0.3 is 15.1 Å². The van der Waals surface area contributed by atoms with Gasteiger partial charge in [0.2, 0.25) is 0 Å². The van der Waals surface area contributed by atoms with Crippen molar-refractivity contribution in [1.82, 2.24) is 0 Å². The SMILES string of the molecule is Cc1ccc(N(C)CC(O)CO)c(C)c1C. The Balaban J connectivity index is 2.92. The lowest BCUT2D eigenvalue weighted by Gasteiger charge is -2.25. The summed E-state index contributed by atoms with van der Waals surface area (Å²) in [5, 5.41) is 18.2. The molecule has 1 rings (SSSR count). The van der Waals surface area contributed by atoms with Gasteiger partial charge in [-0.2, -0.15) is 0 Å². The third-order valence-corrected chi connectivity index (χ3v) is 3.14. The van der Waals surface area contributed by atoms with Gasteiger partial charge in [0.05, 0.1) is 12.7 Å². The average Bonchev–Trinajstić information content (AvgIpc) is 2.25. The van der Waals surface area contributed by atoms with Gasteiger partial charge in [-0.05, 0) is 43.5 Å². The summed E-state index contributed by atoms with van der Waals surface area (Å²) >= 11 is 0. The van der Waals surface area contributed by atoms with E-state index in [0.717, 1.165) is 5.69 Å². The Hall–Kier alpha value is -1.06. The van der Waals surface area contributed by atoms with Crippen LogP contribution in [0.25, 0.3) is 0 Å². The highest BCUT2D eigenvalue weighted by molar-refractivity contribution is 5.57. The molecule has 1 aromatic rings. The molecule has 0 amide bonds. The maximum atomic E-state index is 9.41. The zero-order valence-electron chi connectivity index (χ0n) is 10.5. The molecule has 0 heterocycles. The molecule has 3 heteroatoms. The summed E-state index contributed by atoms with van der Waals surface area (Å²) in [7, 11) is 1.93. The Bertz CT molecular complexity index is 363. The van der Waals surface area contributed by atoms with Gasteiger partial charge in [0.1, 0.15) is 0 Å². The molecule has 1 unspecified atom stereocenters. The molecule has 0 fully saturated rings. The van der Waals surface area contributed by atoms with E-state index < -0.39 is 6.10 Å². The number of likely N-dealkylation sites (N-methyl/N-ethyl adjacent to an activating group) is 1. The van der Waals surface area contributed by atoms with E-state index in [1.807, 2.05) is 11.9 Å². The van der Waals surface area contributed by atoms with Crippen molar-refractivity contribution in [3.63, 3.8) is 0 Å². The van der Waals surface area contributed by atoms with E-state index >= 15 is 0 Å². The monoisotopic (exact) mass is 223 g/mol. The minimum absolute atomic E-state index is 0.200. The van der Waals surface area contributed by atoms with Crippen molar-refractivity contribution < 1.29 is 10.2 Å². The first kappa shape index (κ1) is 13.0. The highest BCUT2D eigenvalue weighted by atomic mass is 16.3. The summed E-state index contributed by atoms with van der Waals surface area (Å²) in [5.41, 5.74) is 4.89. The second-order valence-electron chi connectivity index (χ2n) is 4.37. The molecule has 16 heavy (non-hydrogen) atoms. The molecular weight excluding hydrogens is 202 g/mol. The molecule has 0 saturated carbocycles. The molecule has 2 N–H and O–H groups in total. The largest absolute Gasteiger partial charge is 0.394 e. The lowest BCUT2D eigenvalue weighted by molar-refractivity contribution is 0.101. The minimum Gasteiger partial charge on any atom is -0.394 e. The van der Waals surface area contributed by atoms with Crippen LogP contribution >= 0.6 is 0 Å². The maximum absolute atomic E-state index is 9.41. The number of hydrogen-bond donors (Lipinski definition) is 2. The molecule has 0 aliphatic carbocycles. The number of aryl methyl sites for hydroxylation is 1. The molecule has 0 aliphatic heterocycles. The number of benzene rings is 1. The summed E-state index contributed by atoms with van der Waals surface area (Å²) in [4.78, 5) is 1.97. The van der Waals surface area contributed by atoms with Crippen molar-refractivity contribution in [2.45, 2.75) is 26.9 Å². The van der Waals surface area contributed by atoms with Crippen molar-refractivity contribution in [3.8, 4) is 0 Å². The second kappa shape index (κ2) is 5.32. The predicted octanol–water partition coefficient (Wildman–Crippen LogP) is 1.40. The number of aliphatic hydroxyl groups is 2. The van der Waals surface area contributed by atoms with Gasteiger partial charge in [0, 0.05) is 19.3 Å². The van der Waals surface area contributed by atoms with Crippen LogP contribution in [0, 0.1) is 20.8 Å². The van der Waals surface area contributed by atoms with E-state index in [4.69, 9.17) is 5.11 Å². The summed E-state index contributed by atoms with van der Waals surface area (Å²) in [6.45, 7) is 6.52. The molecule has 3 nitrogen and oxygen atoms in total. The lowest BCUT2D eigenvalue weighted by atomic mass is 10.0. The Morgan fingerprint density at radius 2 is 1.81 bits per heavy atom. The number of rotatable bonds is 4. The Labute approximate surface area is 97.3 Å². The molecule has 0 spiro atoms. The van der Waals surface area contributed by atoms with Crippen LogP contribution in [-0.2, 0) is 0 Å². The van der Waals surface area contributed by atoms with Crippen LogP contribution in [0.15, 0.2) is 12.1 Å². The molecular formula is C13H21NO2. The first-order valence-corrected chi connectivity index (χ1v) is 5.54. The third-order valence-electron chi connectivity index (χ3n) is 3.14. The average molecular weight is 223 g/mol. The smallest absolute Gasteiger partial charge is 0.0945 e. The molecule has 1 atom stereocenters. The number of hydrogen-bond acceptors (Lipinski definition) is 3. The molecule has 0 radical (unpaired) electrons. The highest BCUT2D eigenvalue weighted by Crippen LogP contribution is 2.24. The number of aliphatic hydroxyl groups excluding tert-OH is 2. The Morgan fingerprint density at radius 1 is 1.19 bits per heavy atom. The summed E-state index contributed by atoms with van der Waals surface area (Å²) in [5.74, 6) is 0. The third kappa shape index (κ3) is 2.74. The molecule has 0 saturated heterocycles. The van der Waals surface area contributed by atoms with Crippen LogP contribution in [0.5, 0.6) is 0 Å². The highest BCUT2D eigenvalue weighted by Gasteiger charge is 2.11. The van der Waals surface area contributed by atoms with Crippen molar-refractivity contribution in [1.29, 1.82) is 0 Å². The zero-order chi connectivity index (χ0) is 12.3. The van der Waals surface area contributed by atoms with Crippen molar-refractivity contribution in [2.24, 2.45) is 0 Å². The first-order valence-electron chi connectivity index (χ1n) is 5.54. The summed E-state index contributed by atoms with van der Waals surface area (Å²) < 4.78 is 0. The molecule has 1 aromatic carbocycles. The van der Waals surface area contributed by atoms with Gasteiger partial charge in [0.15, 0.2) is 0 Å². The van der Waals surface area contributed by atoms with E-state index in [-0.39, 0.29) is 6.61 Å². The number of anilines is 1. The van der Waals surface area contributed by atoms with E-state index in [2.05, 4.69) is 32.9 Å². The van der Waals surface area contributed by atoms with E-state index in [1.54, 1.807) is 0 Å². The molecule has 0 bridgehead atoms. The van der Waals surface area contributed by atoms with E-state index in [9.17, 15) is 5.11 Å². The van der Waals surface area contributed by atoms with E-state index in [1.165, 1.54) is 16.7 Å². The lowest BCUT2D eigenvalue weighted by Crippen LogP contribution is -2.31. The molecule has 90 valence electrons. The van der Waals surface area contributed by atoms with Gasteiger partial charge in [0.25, 0.3) is 0 Å². The van der Waals surface area contributed by atoms with Gasteiger partial charge in [-0.25, -0.2) is 0 Å². The predicted molar refractivity (Wildman–Crippen MR) is 67.0 cm³/mol. The quantitative estimate of drug-likeness (QED) is 0.811. The van der Waals surface area contributed by atoms with Crippen LogP contribution in [-0.4, -0.2) is 36.5 Å². The van der Waals surface area contributed by atoms with Crippen LogP contribution < -0.4 is 4.90 Å². The molecule has 0 aromatic heterocycles. The molecule has 0 aliphatic rings. The van der Waals surface area contributed by atoms with Crippen molar-refractivity contribution >= 4 is 5.69 Å². The maximum Gasteiger partial charge on any atom is 0.0945 e. The normalized spacial score (nSPS) is 12.6. The first-order chi connectivity index (χ1) is 7.47. The Kier molecular flexibility index (Phi) is 4.33. The van der Waals surface area contributed by atoms with Crippen molar-refractivity contribution in [3.05, 3.63) is 28.8 Å². The standard InChI is InChI=1S/C13H21NO2/c1-9-5-6-13(11(3)10(9)2)14(4)7-12(16)8-15/h5-6,12,15-16H,7-8H2,1-4H3. The topological polar surface area (TPSA) is 43.7 Å². The number of nitrogens with zero attached hydrogens (tertiary/aromatic N) is 1. The second-order valence-corrected chi connectivity index (χ2v) is 4.37. The summed E-state index contributed by atoms with van der Waals surface area (Å²) in [6, 6.07) is 4.14. The van der Waals surface area contributed by atoms with Crippen LogP contribution in [0.3, 0.4) is 0 Å². The van der Waals surface area contributed by atoms with Crippen LogP contribution in [0.1, 0.15) is 16.7 Å². The van der Waals surface area contributed by atoms with Crippen molar-refractivity contribution in [2.75, 3.05) is 25.1 Å². The van der Waals surface area contributed by atoms with Gasteiger partial charge >= 0.3 is 0 Å². The van der Waals surface area contributed by atoms with Crippen LogP contribution in [0.2, 0.25) is 0 Å². The van der Waals surface area contributed by atoms with Crippen LogP contribution in [0.4, 0.5) is 5.69 Å². The Morgan fingerprint density at radius 3 is 2.38 bits per heavy atom. The minimum atomic E-state index is -0.689. The fourth-order valence-electron chi connectivity index (χ4n) is 1.83. The van der Waals surface area contributed by atoms with Gasteiger partial charge in [-0.1, -0.05) is 6.07 Å². The van der Waals surface area contributed by atoms with E-state index in [0.29, 0.717) is 6.54 Å². The fraction of sp³-hybridized carbons (Fsp3) is 0.538. The fourth-order valence-corrected chi connectivity index (χ4v) is 1.83. The van der Waals surface area contributed by atoms with Gasteiger partial charge in [-0.3, -0.25) is 0 Å². The summed E-state index contributed by atoms with van der Waals surface area (Å²) in [6.07, 6.45) is -0.689. The van der Waals surface area contributed by atoms with Gasteiger partial charge in [-0.15, -0.1) is 0 Å².